The van der Waals surface area contributed by atoms with Crippen LogP contribution in [0.1, 0.15) is 34.7 Å². The summed E-state index contributed by atoms with van der Waals surface area (Å²) in [5.41, 5.74) is 6.06. The molecule has 3 heterocycles. The zero-order valence-corrected chi connectivity index (χ0v) is 24.2. The van der Waals surface area contributed by atoms with E-state index in [2.05, 4.69) is 37.5 Å². The van der Waals surface area contributed by atoms with Crippen LogP contribution in [-0.2, 0) is 10.0 Å². The first-order valence-corrected chi connectivity index (χ1v) is 14.9. The normalized spacial score (nSPS) is 17.3. The maximum Gasteiger partial charge on any atom is 0.229 e. The highest BCUT2D eigenvalue weighted by Gasteiger charge is 2.42. The van der Waals surface area contributed by atoms with Crippen molar-refractivity contribution < 1.29 is 13.2 Å². The fourth-order valence-corrected chi connectivity index (χ4v) is 6.23. The molecule has 2 atom stereocenters. The molecule has 8 nitrogen and oxygen atoms in total. The van der Waals surface area contributed by atoms with E-state index in [1.165, 1.54) is 0 Å². The Hall–Kier alpha value is -3.60. The lowest BCUT2D eigenvalue weighted by Gasteiger charge is -2.28. The summed E-state index contributed by atoms with van der Waals surface area (Å²) in [5, 5.41) is 4.63. The number of hydrogen-bond acceptors (Lipinski definition) is 5. The van der Waals surface area contributed by atoms with Gasteiger partial charge in [-0.2, -0.15) is 0 Å². The van der Waals surface area contributed by atoms with Crippen molar-refractivity contribution >= 4 is 50.3 Å². The standard InChI is InChI=1S/C28H28ClN5O3S2/c1-17-15-22(18(2)33(17)24-16-19(29)8-13-25(24)37-3)27-26(23-7-5-6-14-30-23)31-28(38)34(27)21-11-9-20(10-12-21)32-39(4,35)36/h5-16,26-27,32H,1-4H3,(H,31,38)/t26-,27+/m0/s1. The molecule has 4 aromatic rings. The Bertz CT molecular complexity index is 1640. The van der Waals surface area contributed by atoms with Crippen molar-refractivity contribution in [2.75, 3.05) is 23.0 Å². The van der Waals surface area contributed by atoms with E-state index in [1.54, 1.807) is 31.5 Å². The molecule has 1 saturated heterocycles. The largest absolute Gasteiger partial charge is 0.495 e. The zero-order valence-electron chi connectivity index (χ0n) is 21.8. The summed E-state index contributed by atoms with van der Waals surface area (Å²) < 4.78 is 33.7. The number of benzene rings is 2. The van der Waals surface area contributed by atoms with Crippen molar-refractivity contribution in [2.24, 2.45) is 0 Å². The van der Waals surface area contributed by atoms with Crippen LogP contribution in [0.4, 0.5) is 11.4 Å². The molecule has 2 aromatic heterocycles. The number of rotatable bonds is 7. The molecule has 0 amide bonds. The molecule has 1 aliphatic rings. The number of aryl methyl sites for hydroxylation is 1. The minimum Gasteiger partial charge on any atom is -0.495 e. The van der Waals surface area contributed by atoms with Gasteiger partial charge in [-0.1, -0.05) is 17.7 Å². The predicted octanol–water partition coefficient (Wildman–Crippen LogP) is 5.70. The summed E-state index contributed by atoms with van der Waals surface area (Å²) in [4.78, 5) is 6.70. The third-order valence-electron chi connectivity index (χ3n) is 6.72. The molecule has 0 bridgehead atoms. The average molecular weight is 582 g/mol. The Labute approximate surface area is 238 Å². The highest BCUT2D eigenvalue weighted by atomic mass is 35.5. The van der Waals surface area contributed by atoms with Gasteiger partial charge in [0, 0.05) is 34.0 Å². The first kappa shape index (κ1) is 27.0. The lowest BCUT2D eigenvalue weighted by Crippen LogP contribution is -2.29. The van der Waals surface area contributed by atoms with Gasteiger partial charge in [0.05, 0.1) is 36.8 Å². The van der Waals surface area contributed by atoms with E-state index in [1.807, 2.05) is 49.4 Å². The molecule has 5 rings (SSSR count). The summed E-state index contributed by atoms with van der Waals surface area (Å²) in [5.74, 6) is 0.708. The molecule has 0 spiro atoms. The van der Waals surface area contributed by atoms with Crippen molar-refractivity contribution in [3.8, 4) is 11.4 Å². The number of anilines is 2. The van der Waals surface area contributed by atoms with Crippen LogP contribution in [0.15, 0.2) is 72.9 Å². The quantitative estimate of drug-likeness (QED) is 0.271. The molecule has 0 radical (unpaired) electrons. The number of nitrogens with zero attached hydrogens (tertiary/aromatic N) is 3. The summed E-state index contributed by atoms with van der Waals surface area (Å²) in [6, 6.07) is 20.2. The van der Waals surface area contributed by atoms with Gasteiger partial charge in [0.2, 0.25) is 10.0 Å². The van der Waals surface area contributed by atoms with Crippen LogP contribution in [0.3, 0.4) is 0 Å². The van der Waals surface area contributed by atoms with Gasteiger partial charge in [-0.25, -0.2) is 8.42 Å². The summed E-state index contributed by atoms with van der Waals surface area (Å²) in [6.45, 7) is 4.11. The van der Waals surface area contributed by atoms with E-state index in [0.29, 0.717) is 21.6 Å². The van der Waals surface area contributed by atoms with Crippen LogP contribution in [0.2, 0.25) is 5.02 Å². The maximum atomic E-state index is 11.7. The van der Waals surface area contributed by atoms with Gasteiger partial charge in [0.25, 0.3) is 0 Å². The molecule has 39 heavy (non-hydrogen) atoms. The molecule has 11 heteroatoms. The molecule has 1 fully saturated rings. The summed E-state index contributed by atoms with van der Waals surface area (Å²) in [7, 11) is -1.75. The minimum atomic E-state index is -3.39. The first-order chi connectivity index (χ1) is 18.6. The smallest absolute Gasteiger partial charge is 0.229 e. The van der Waals surface area contributed by atoms with Gasteiger partial charge < -0.3 is 19.5 Å². The number of halogens is 1. The number of thiocarbonyl (C=S) groups is 1. The summed E-state index contributed by atoms with van der Waals surface area (Å²) >= 11 is 12.2. The number of hydrogen-bond donors (Lipinski definition) is 2. The summed E-state index contributed by atoms with van der Waals surface area (Å²) in [6.07, 6.45) is 2.89. The monoisotopic (exact) mass is 581 g/mol. The van der Waals surface area contributed by atoms with Crippen LogP contribution >= 0.6 is 23.8 Å². The van der Waals surface area contributed by atoms with Crippen molar-refractivity contribution in [2.45, 2.75) is 25.9 Å². The van der Waals surface area contributed by atoms with E-state index < -0.39 is 10.0 Å². The third-order valence-corrected chi connectivity index (χ3v) is 7.87. The van der Waals surface area contributed by atoms with Crippen LogP contribution < -0.4 is 19.7 Å². The maximum absolute atomic E-state index is 11.7. The van der Waals surface area contributed by atoms with Crippen molar-refractivity contribution in [1.29, 1.82) is 0 Å². The number of ether oxygens (including phenoxy) is 1. The Morgan fingerprint density at radius 2 is 1.82 bits per heavy atom. The van der Waals surface area contributed by atoms with Crippen LogP contribution in [0.5, 0.6) is 5.75 Å². The second kappa shape index (κ2) is 10.5. The molecular formula is C28H28ClN5O3S2. The Morgan fingerprint density at radius 1 is 1.08 bits per heavy atom. The minimum absolute atomic E-state index is 0.234. The average Bonchev–Trinajstić information content (AvgIpc) is 3.39. The lowest BCUT2D eigenvalue weighted by atomic mass is 9.96. The number of nitrogens with one attached hydrogen (secondary N) is 2. The number of aromatic nitrogens is 2. The topological polar surface area (TPSA) is 88.5 Å². The van der Waals surface area contributed by atoms with Gasteiger partial charge in [0.1, 0.15) is 5.75 Å². The predicted molar refractivity (Wildman–Crippen MR) is 160 cm³/mol. The first-order valence-electron chi connectivity index (χ1n) is 12.2. The number of pyridine rings is 1. The highest BCUT2D eigenvalue weighted by molar-refractivity contribution is 7.92. The van der Waals surface area contributed by atoms with Crippen molar-refractivity contribution in [3.05, 3.63) is 101 Å². The molecule has 1 aliphatic heterocycles. The van der Waals surface area contributed by atoms with E-state index >= 15 is 0 Å². The zero-order chi connectivity index (χ0) is 27.9. The van der Waals surface area contributed by atoms with Crippen LogP contribution in [-0.4, -0.2) is 36.4 Å². The van der Waals surface area contributed by atoms with E-state index in [4.69, 9.17) is 28.6 Å². The van der Waals surface area contributed by atoms with E-state index in [-0.39, 0.29) is 12.1 Å². The van der Waals surface area contributed by atoms with Crippen molar-refractivity contribution in [3.63, 3.8) is 0 Å². The SMILES string of the molecule is COc1ccc(Cl)cc1-n1c(C)cc([C@@H]2[C@H](c3ccccn3)NC(=S)N2c2ccc(NS(C)(=O)=O)cc2)c1C. The number of methoxy groups -OCH3 is 1. The fourth-order valence-electron chi connectivity index (χ4n) is 5.15. The molecule has 202 valence electrons. The Kier molecular flexibility index (Phi) is 7.28. The van der Waals surface area contributed by atoms with E-state index in [0.717, 1.165) is 40.3 Å². The fraction of sp³-hybridized carbons (Fsp3) is 0.214. The molecule has 2 N–H and O–H groups in total. The molecule has 0 unspecified atom stereocenters. The van der Waals surface area contributed by atoms with Gasteiger partial charge in [-0.3, -0.25) is 9.71 Å². The molecular weight excluding hydrogens is 554 g/mol. The van der Waals surface area contributed by atoms with E-state index in [9.17, 15) is 8.42 Å². The molecule has 2 aromatic carbocycles. The van der Waals surface area contributed by atoms with Crippen LogP contribution in [0, 0.1) is 13.8 Å². The highest BCUT2D eigenvalue weighted by Crippen LogP contribution is 2.44. The second-order valence-electron chi connectivity index (χ2n) is 9.40. The Morgan fingerprint density at radius 3 is 2.46 bits per heavy atom. The lowest BCUT2D eigenvalue weighted by molar-refractivity contribution is 0.412. The van der Waals surface area contributed by atoms with Gasteiger partial charge in [0.15, 0.2) is 5.11 Å². The van der Waals surface area contributed by atoms with Gasteiger partial charge in [-0.15, -0.1) is 0 Å². The number of sulfonamides is 1. The third kappa shape index (κ3) is 5.32. The molecule has 0 aliphatic carbocycles. The van der Waals surface area contributed by atoms with Gasteiger partial charge >= 0.3 is 0 Å². The van der Waals surface area contributed by atoms with Gasteiger partial charge in [-0.05, 0) is 92.3 Å². The van der Waals surface area contributed by atoms with Crippen molar-refractivity contribution in [1.82, 2.24) is 14.9 Å². The van der Waals surface area contributed by atoms with Crippen LogP contribution in [0.25, 0.3) is 5.69 Å². The molecule has 0 saturated carbocycles. The Balaban J connectivity index is 1.65. The second-order valence-corrected chi connectivity index (χ2v) is 12.0.